The minimum absolute atomic E-state index is 0.0492. The van der Waals surface area contributed by atoms with E-state index in [1.165, 1.54) is 0 Å². The third-order valence-electron chi connectivity index (χ3n) is 1.26. The topological polar surface area (TPSA) is 84.2 Å². The van der Waals surface area contributed by atoms with Crippen molar-refractivity contribution in [2.45, 2.75) is 19.8 Å². The largest absolute Gasteiger partial charge is 0.376 e. The molecule has 0 atom stereocenters. The van der Waals surface area contributed by atoms with Crippen molar-refractivity contribution in [1.29, 1.82) is 0 Å². The van der Waals surface area contributed by atoms with Crippen molar-refractivity contribution >= 4 is 29.1 Å². The monoisotopic (exact) mass is 203 g/mol. The van der Waals surface area contributed by atoms with Gasteiger partial charge in [-0.05, 0) is 12.2 Å². The van der Waals surface area contributed by atoms with Crippen LogP contribution in [-0.4, -0.2) is 23.5 Å². The van der Waals surface area contributed by atoms with Crippen LogP contribution in [0.25, 0.3) is 0 Å². The summed E-state index contributed by atoms with van der Waals surface area (Å²) in [5.41, 5.74) is 5.06. The van der Waals surface area contributed by atoms with Gasteiger partial charge in [0.2, 0.25) is 11.8 Å². The van der Waals surface area contributed by atoms with E-state index in [2.05, 4.69) is 22.9 Å². The molecule has 4 N–H and O–H groups in total. The molecule has 6 heteroatoms. The van der Waals surface area contributed by atoms with E-state index < -0.39 is 0 Å². The van der Waals surface area contributed by atoms with E-state index >= 15 is 0 Å². The maximum atomic E-state index is 10.9. The predicted octanol–water partition coefficient (Wildman–Crippen LogP) is -0.737. The molecule has 0 aliphatic carbocycles. The smallest absolute Gasteiger partial charge is 0.227 e. The lowest BCUT2D eigenvalue weighted by Gasteiger charge is -2.03. The predicted molar refractivity (Wildman–Crippen MR) is 52.8 cm³/mol. The van der Waals surface area contributed by atoms with Gasteiger partial charge >= 0.3 is 0 Å². The molecule has 0 radical (unpaired) electrons. The number of hydrogen-bond acceptors (Lipinski definition) is 3. The van der Waals surface area contributed by atoms with Gasteiger partial charge in [0, 0.05) is 19.4 Å². The molecule has 0 spiro atoms. The molecule has 2 amide bonds. The molecule has 0 saturated carbocycles. The number of thiocarbonyl (C=S) groups is 1. The molecule has 0 heterocycles. The summed E-state index contributed by atoms with van der Waals surface area (Å²) in [6.07, 6.45) is 0.597. The Hall–Kier alpha value is -1.17. The highest BCUT2D eigenvalue weighted by atomic mass is 32.1. The number of carbonyl (C=O) groups excluding carboxylic acids is 2. The second-order valence-corrected chi connectivity index (χ2v) is 2.81. The van der Waals surface area contributed by atoms with Crippen LogP contribution in [-0.2, 0) is 9.59 Å². The molecular weight excluding hydrogens is 190 g/mol. The SMILES string of the molecule is CCC(=O)NCCC(=O)NC(N)=S. The first-order valence-corrected chi connectivity index (χ1v) is 4.33. The van der Waals surface area contributed by atoms with E-state index in [1.807, 2.05) is 0 Å². The summed E-state index contributed by atoms with van der Waals surface area (Å²) in [7, 11) is 0. The Morgan fingerprint density at radius 2 is 2.00 bits per heavy atom. The third kappa shape index (κ3) is 7.20. The first-order chi connectivity index (χ1) is 6.06. The summed E-state index contributed by atoms with van der Waals surface area (Å²) >= 11 is 4.46. The Kier molecular flexibility index (Phi) is 5.79. The van der Waals surface area contributed by atoms with Gasteiger partial charge in [-0.1, -0.05) is 6.92 Å². The summed E-state index contributed by atoms with van der Waals surface area (Å²) in [6.45, 7) is 2.05. The van der Waals surface area contributed by atoms with Crippen LogP contribution in [0.2, 0.25) is 0 Å². The highest BCUT2D eigenvalue weighted by Gasteiger charge is 2.02. The molecule has 0 aliphatic rings. The maximum Gasteiger partial charge on any atom is 0.227 e. The lowest BCUT2D eigenvalue weighted by Crippen LogP contribution is -2.37. The summed E-state index contributed by atoms with van der Waals surface area (Å²) < 4.78 is 0. The highest BCUT2D eigenvalue weighted by Crippen LogP contribution is 1.79. The molecule has 74 valence electrons. The molecule has 13 heavy (non-hydrogen) atoms. The van der Waals surface area contributed by atoms with Crippen molar-refractivity contribution in [2.75, 3.05) is 6.54 Å². The van der Waals surface area contributed by atoms with Gasteiger partial charge < -0.3 is 16.4 Å². The van der Waals surface area contributed by atoms with Crippen molar-refractivity contribution in [2.24, 2.45) is 5.73 Å². The van der Waals surface area contributed by atoms with Gasteiger partial charge in [0.1, 0.15) is 0 Å². The Balaban J connectivity index is 3.48. The first-order valence-electron chi connectivity index (χ1n) is 3.92. The van der Waals surface area contributed by atoms with Crippen LogP contribution in [0.3, 0.4) is 0 Å². The second-order valence-electron chi connectivity index (χ2n) is 2.37. The van der Waals surface area contributed by atoms with E-state index in [-0.39, 0.29) is 23.3 Å². The number of amides is 2. The van der Waals surface area contributed by atoms with Crippen LogP contribution in [0.15, 0.2) is 0 Å². The number of rotatable bonds is 4. The van der Waals surface area contributed by atoms with Crippen molar-refractivity contribution in [3.63, 3.8) is 0 Å². The van der Waals surface area contributed by atoms with E-state index in [4.69, 9.17) is 5.73 Å². The second kappa shape index (κ2) is 6.36. The Morgan fingerprint density at radius 3 is 2.46 bits per heavy atom. The van der Waals surface area contributed by atoms with Gasteiger partial charge in [-0.25, -0.2) is 0 Å². The molecule has 0 unspecified atom stereocenters. The molecule has 0 aromatic rings. The van der Waals surface area contributed by atoms with Gasteiger partial charge in [-0.3, -0.25) is 9.59 Å². The molecule has 0 rings (SSSR count). The zero-order chi connectivity index (χ0) is 10.3. The Morgan fingerprint density at radius 1 is 1.38 bits per heavy atom. The maximum absolute atomic E-state index is 10.9. The molecule has 0 aromatic heterocycles. The molecule has 0 aliphatic heterocycles. The van der Waals surface area contributed by atoms with Crippen LogP contribution in [0.4, 0.5) is 0 Å². The number of nitrogens with two attached hydrogens (primary N) is 1. The van der Waals surface area contributed by atoms with Gasteiger partial charge in [0.15, 0.2) is 5.11 Å². The summed E-state index contributed by atoms with van der Waals surface area (Å²) in [4.78, 5) is 21.6. The van der Waals surface area contributed by atoms with Crippen molar-refractivity contribution in [3.8, 4) is 0 Å². The van der Waals surface area contributed by atoms with Crippen LogP contribution in [0.5, 0.6) is 0 Å². The molecule has 0 saturated heterocycles. The summed E-state index contributed by atoms with van der Waals surface area (Å²) in [6, 6.07) is 0. The normalized spacial score (nSPS) is 9.00. The molecule has 0 aromatic carbocycles. The molecule has 0 fully saturated rings. The lowest BCUT2D eigenvalue weighted by molar-refractivity contribution is -0.121. The fourth-order valence-corrected chi connectivity index (χ4v) is 0.754. The van der Waals surface area contributed by atoms with E-state index in [0.29, 0.717) is 13.0 Å². The minimum Gasteiger partial charge on any atom is -0.376 e. The fraction of sp³-hybridized carbons (Fsp3) is 0.571. The fourth-order valence-electron chi connectivity index (χ4n) is 0.640. The third-order valence-corrected chi connectivity index (χ3v) is 1.36. The standard InChI is InChI=1S/C7H13N3O2S/c1-2-5(11)9-4-3-6(12)10-7(8)13/h2-4H2,1H3,(H,9,11)(H3,8,10,12,13). The number of carbonyl (C=O) groups is 2. The first kappa shape index (κ1) is 11.8. The van der Waals surface area contributed by atoms with Crippen LogP contribution in [0.1, 0.15) is 19.8 Å². The zero-order valence-electron chi connectivity index (χ0n) is 7.42. The van der Waals surface area contributed by atoms with Gasteiger partial charge in [0.25, 0.3) is 0 Å². The zero-order valence-corrected chi connectivity index (χ0v) is 8.24. The minimum atomic E-state index is -0.288. The molecular formula is C7H13N3O2S. The number of nitrogens with one attached hydrogen (secondary N) is 2. The Labute approximate surface area is 82.1 Å². The summed E-state index contributed by atoms with van der Waals surface area (Å²) in [5.74, 6) is -0.368. The average molecular weight is 203 g/mol. The van der Waals surface area contributed by atoms with Gasteiger partial charge in [-0.2, -0.15) is 0 Å². The van der Waals surface area contributed by atoms with Crippen molar-refractivity contribution in [1.82, 2.24) is 10.6 Å². The van der Waals surface area contributed by atoms with Gasteiger partial charge in [-0.15, -0.1) is 0 Å². The van der Waals surface area contributed by atoms with Crippen LogP contribution < -0.4 is 16.4 Å². The molecule has 5 nitrogen and oxygen atoms in total. The van der Waals surface area contributed by atoms with Crippen molar-refractivity contribution < 1.29 is 9.59 Å². The summed E-state index contributed by atoms with van der Waals surface area (Å²) in [5, 5.41) is 4.76. The van der Waals surface area contributed by atoms with E-state index in [1.54, 1.807) is 6.92 Å². The van der Waals surface area contributed by atoms with Gasteiger partial charge in [0.05, 0.1) is 0 Å². The van der Waals surface area contributed by atoms with E-state index in [9.17, 15) is 9.59 Å². The molecule has 0 bridgehead atoms. The highest BCUT2D eigenvalue weighted by molar-refractivity contribution is 7.80. The van der Waals surface area contributed by atoms with E-state index in [0.717, 1.165) is 0 Å². The lowest BCUT2D eigenvalue weighted by atomic mass is 10.4. The van der Waals surface area contributed by atoms with Crippen molar-refractivity contribution in [3.05, 3.63) is 0 Å². The van der Waals surface area contributed by atoms with Crippen LogP contribution in [0, 0.1) is 0 Å². The van der Waals surface area contributed by atoms with Crippen LogP contribution >= 0.6 is 12.2 Å². The Bertz CT molecular complexity index is 218. The average Bonchev–Trinajstić information content (AvgIpc) is 2.02. The number of hydrogen-bond donors (Lipinski definition) is 3. The quantitative estimate of drug-likeness (QED) is 0.526.